The number of carbonyl (C=O) groups excluding carboxylic acids is 1. The maximum atomic E-state index is 13.6. The van der Waals surface area contributed by atoms with E-state index in [2.05, 4.69) is 49.9 Å². The van der Waals surface area contributed by atoms with Crippen molar-refractivity contribution in [2.75, 3.05) is 18.0 Å². The fourth-order valence-corrected chi connectivity index (χ4v) is 5.04. The van der Waals surface area contributed by atoms with E-state index in [-0.39, 0.29) is 11.9 Å². The molecule has 0 bridgehead atoms. The summed E-state index contributed by atoms with van der Waals surface area (Å²) in [4.78, 5) is 23.3. The molecule has 3 aliphatic rings. The Morgan fingerprint density at radius 1 is 0.963 bits per heavy atom. The molecule has 1 aliphatic carbocycles. The van der Waals surface area contributed by atoms with Crippen molar-refractivity contribution in [1.29, 1.82) is 0 Å². The Hall–Kier alpha value is -1.68. The molecule has 4 heteroatoms. The number of amides is 1. The van der Waals surface area contributed by atoms with Crippen molar-refractivity contribution < 1.29 is 4.79 Å². The number of carbonyl (C=O) groups is 1. The minimum absolute atomic E-state index is 0.0933. The van der Waals surface area contributed by atoms with Gasteiger partial charge in [0.1, 0.15) is 5.84 Å². The first-order valence-corrected chi connectivity index (χ1v) is 10.7. The molecule has 4 rings (SSSR count). The molecule has 0 N–H and O–H groups in total. The van der Waals surface area contributed by atoms with Crippen LogP contribution < -0.4 is 4.90 Å². The Balaban J connectivity index is 1.78. The van der Waals surface area contributed by atoms with E-state index in [4.69, 9.17) is 4.99 Å². The molecule has 2 aliphatic heterocycles. The molecule has 0 aromatic heterocycles. The maximum absolute atomic E-state index is 13.6. The van der Waals surface area contributed by atoms with Gasteiger partial charge in [0.05, 0.1) is 23.2 Å². The van der Waals surface area contributed by atoms with Gasteiger partial charge >= 0.3 is 0 Å². The minimum atomic E-state index is -0.442. The van der Waals surface area contributed by atoms with Crippen molar-refractivity contribution in [3.05, 3.63) is 29.8 Å². The lowest BCUT2D eigenvalue weighted by molar-refractivity contribution is -0.125. The van der Waals surface area contributed by atoms with E-state index in [1.165, 1.54) is 37.7 Å². The second kappa shape index (κ2) is 7.38. The van der Waals surface area contributed by atoms with E-state index in [1.54, 1.807) is 0 Å². The fraction of sp³-hybridized carbons (Fsp3) is 0.652. The molecule has 1 saturated carbocycles. The molecular formula is C23H33N3O. The monoisotopic (exact) mass is 367 g/mol. The number of likely N-dealkylation sites (tertiary alicyclic amines) is 1. The second-order valence-electron chi connectivity index (χ2n) is 9.12. The molecule has 3 fully saturated rings. The lowest BCUT2D eigenvalue weighted by Gasteiger charge is -2.32. The Labute approximate surface area is 163 Å². The average molecular weight is 368 g/mol. The van der Waals surface area contributed by atoms with Gasteiger partial charge in [-0.3, -0.25) is 19.6 Å². The van der Waals surface area contributed by atoms with Crippen molar-refractivity contribution >= 4 is 17.4 Å². The zero-order valence-electron chi connectivity index (χ0n) is 17.1. The van der Waals surface area contributed by atoms with Gasteiger partial charge in [0.15, 0.2) is 0 Å². The summed E-state index contributed by atoms with van der Waals surface area (Å²) in [5.41, 5.74) is 1.74. The predicted molar refractivity (Wildman–Crippen MR) is 111 cm³/mol. The SMILES string of the molecule is Cc1ccc(N2C(=O)C(C)(C)C(N3CCCC3)C2=NC2CCCCC2)cc1. The van der Waals surface area contributed by atoms with E-state index in [0.717, 1.165) is 37.5 Å². The standard InChI is InChI=1S/C23H33N3O/c1-17-11-13-19(14-12-17)26-21(24-18-9-5-4-6-10-18)20(23(2,3)22(26)27)25-15-7-8-16-25/h11-14,18,20H,4-10,15-16H2,1-3H3. The third kappa shape index (κ3) is 3.44. The van der Waals surface area contributed by atoms with Crippen molar-refractivity contribution in [3.8, 4) is 0 Å². The lowest BCUT2D eigenvalue weighted by Crippen LogP contribution is -2.46. The molecule has 2 heterocycles. The molecule has 1 aromatic carbocycles. The molecule has 2 saturated heterocycles. The number of amidine groups is 1. The van der Waals surface area contributed by atoms with Crippen LogP contribution >= 0.6 is 0 Å². The van der Waals surface area contributed by atoms with Gasteiger partial charge in [-0.25, -0.2) is 0 Å². The van der Waals surface area contributed by atoms with E-state index in [0.29, 0.717) is 6.04 Å². The highest BCUT2D eigenvalue weighted by Crippen LogP contribution is 2.41. The van der Waals surface area contributed by atoms with Gasteiger partial charge in [-0.2, -0.15) is 0 Å². The number of hydrogen-bond acceptors (Lipinski definition) is 3. The van der Waals surface area contributed by atoms with Crippen LogP contribution in [0.1, 0.15) is 64.4 Å². The number of benzene rings is 1. The molecule has 1 aromatic rings. The molecule has 0 radical (unpaired) electrons. The van der Waals surface area contributed by atoms with E-state index in [9.17, 15) is 4.79 Å². The van der Waals surface area contributed by atoms with E-state index >= 15 is 0 Å². The Morgan fingerprint density at radius 2 is 1.59 bits per heavy atom. The number of anilines is 1. The molecule has 4 nitrogen and oxygen atoms in total. The zero-order chi connectivity index (χ0) is 19.0. The molecule has 0 spiro atoms. The lowest BCUT2D eigenvalue weighted by atomic mass is 9.85. The third-order valence-electron chi connectivity index (χ3n) is 6.60. The highest BCUT2D eigenvalue weighted by atomic mass is 16.2. The van der Waals surface area contributed by atoms with Gasteiger partial charge in [-0.1, -0.05) is 37.0 Å². The second-order valence-corrected chi connectivity index (χ2v) is 9.12. The quantitative estimate of drug-likeness (QED) is 0.785. The zero-order valence-corrected chi connectivity index (χ0v) is 17.1. The average Bonchev–Trinajstić information content (AvgIpc) is 3.23. The van der Waals surface area contributed by atoms with Crippen LogP contribution in [0.3, 0.4) is 0 Å². The van der Waals surface area contributed by atoms with Gasteiger partial charge < -0.3 is 0 Å². The minimum Gasteiger partial charge on any atom is -0.293 e. The molecule has 1 amide bonds. The molecule has 1 atom stereocenters. The van der Waals surface area contributed by atoms with Crippen LogP contribution in [-0.4, -0.2) is 41.8 Å². The maximum Gasteiger partial charge on any atom is 0.240 e. The molecule has 27 heavy (non-hydrogen) atoms. The number of aliphatic imine (C=N–C) groups is 1. The summed E-state index contributed by atoms with van der Waals surface area (Å²) in [6.45, 7) is 8.47. The van der Waals surface area contributed by atoms with Gasteiger partial charge in [0, 0.05) is 0 Å². The highest BCUT2D eigenvalue weighted by Gasteiger charge is 2.55. The summed E-state index contributed by atoms with van der Waals surface area (Å²) in [5, 5.41) is 0. The fourth-order valence-electron chi connectivity index (χ4n) is 5.04. The summed E-state index contributed by atoms with van der Waals surface area (Å²) < 4.78 is 0. The number of nitrogens with zero attached hydrogens (tertiary/aromatic N) is 3. The predicted octanol–water partition coefficient (Wildman–Crippen LogP) is 4.56. The smallest absolute Gasteiger partial charge is 0.240 e. The molecule has 146 valence electrons. The first-order chi connectivity index (χ1) is 13.0. The first kappa shape index (κ1) is 18.7. The Kier molecular flexibility index (Phi) is 5.11. The van der Waals surface area contributed by atoms with Crippen molar-refractivity contribution in [3.63, 3.8) is 0 Å². The summed E-state index contributed by atoms with van der Waals surface area (Å²) in [5.74, 6) is 1.19. The van der Waals surface area contributed by atoms with Crippen molar-refractivity contribution in [2.45, 2.75) is 77.8 Å². The van der Waals surface area contributed by atoms with Crippen LogP contribution in [-0.2, 0) is 4.79 Å². The van der Waals surface area contributed by atoms with Crippen LogP contribution in [0.5, 0.6) is 0 Å². The topological polar surface area (TPSA) is 35.9 Å². The first-order valence-electron chi connectivity index (χ1n) is 10.7. The Morgan fingerprint density at radius 3 is 2.22 bits per heavy atom. The van der Waals surface area contributed by atoms with E-state index in [1.807, 2.05) is 4.90 Å². The van der Waals surface area contributed by atoms with Crippen LogP contribution in [0.25, 0.3) is 0 Å². The number of aryl methyl sites for hydroxylation is 1. The van der Waals surface area contributed by atoms with Crippen LogP contribution in [0, 0.1) is 12.3 Å². The van der Waals surface area contributed by atoms with E-state index < -0.39 is 5.41 Å². The molecular weight excluding hydrogens is 334 g/mol. The summed E-state index contributed by atoms with van der Waals surface area (Å²) in [6, 6.07) is 8.80. The summed E-state index contributed by atoms with van der Waals surface area (Å²) in [6.07, 6.45) is 8.61. The van der Waals surface area contributed by atoms with Crippen LogP contribution in [0.15, 0.2) is 29.3 Å². The largest absolute Gasteiger partial charge is 0.293 e. The highest BCUT2D eigenvalue weighted by molar-refractivity contribution is 6.27. The molecule has 1 unspecified atom stereocenters. The van der Waals surface area contributed by atoms with Gasteiger partial charge in [0.2, 0.25) is 5.91 Å². The van der Waals surface area contributed by atoms with Gasteiger partial charge in [-0.05, 0) is 71.7 Å². The summed E-state index contributed by atoms with van der Waals surface area (Å²) >= 11 is 0. The van der Waals surface area contributed by atoms with Gasteiger partial charge in [0.25, 0.3) is 0 Å². The van der Waals surface area contributed by atoms with Gasteiger partial charge in [-0.15, -0.1) is 0 Å². The van der Waals surface area contributed by atoms with Crippen molar-refractivity contribution in [2.24, 2.45) is 10.4 Å². The summed E-state index contributed by atoms with van der Waals surface area (Å²) in [7, 11) is 0. The van der Waals surface area contributed by atoms with Crippen molar-refractivity contribution in [1.82, 2.24) is 4.90 Å². The number of hydrogen-bond donors (Lipinski definition) is 0. The normalized spacial score (nSPS) is 28.4. The van der Waals surface area contributed by atoms with Crippen LogP contribution in [0.2, 0.25) is 0 Å². The third-order valence-corrected chi connectivity index (χ3v) is 6.60. The Bertz CT molecular complexity index is 710. The van der Waals surface area contributed by atoms with Crippen LogP contribution in [0.4, 0.5) is 5.69 Å². The number of rotatable bonds is 3.